The Kier molecular flexibility index (Phi) is 5.29. The molecule has 7 heteroatoms. The summed E-state index contributed by atoms with van der Waals surface area (Å²) in [6.45, 7) is 6.32. The molecule has 2 fully saturated rings. The van der Waals surface area contributed by atoms with Crippen molar-refractivity contribution in [3.05, 3.63) is 36.4 Å². The van der Waals surface area contributed by atoms with Crippen LogP contribution in [0.5, 0.6) is 0 Å². The first kappa shape index (κ1) is 17.9. The van der Waals surface area contributed by atoms with E-state index in [0.29, 0.717) is 5.69 Å². The summed E-state index contributed by atoms with van der Waals surface area (Å²) < 4.78 is 0. The van der Waals surface area contributed by atoms with Crippen LogP contribution in [0, 0.1) is 0 Å². The van der Waals surface area contributed by atoms with Gasteiger partial charge in [0.05, 0.1) is 23.9 Å². The molecular formula is C20H28N6O. The lowest BCUT2D eigenvalue weighted by Crippen LogP contribution is -2.44. The van der Waals surface area contributed by atoms with Gasteiger partial charge in [0.1, 0.15) is 5.69 Å². The Morgan fingerprint density at radius 2 is 1.81 bits per heavy atom. The van der Waals surface area contributed by atoms with Crippen LogP contribution in [-0.4, -0.2) is 67.1 Å². The zero-order chi connectivity index (χ0) is 18.6. The molecule has 1 aromatic carbocycles. The van der Waals surface area contributed by atoms with Crippen molar-refractivity contribution in [2.45, 2.75) is 19.3 Å². The van der Waals surface area contributed by atoms with Gasteiger partial charge in [-0.05, 0) is 44.5 Å². The Bertz CT molecular complexity index is 761. The lowest BCUT2D eigenvalue weighted by molar-refractivity contribution is 0.102. The van der Waals surface area contributed by atoms with Gasteiger partial charge in [-0.2, -0.15) is 0 Å². The number of benzene rings is 1. The van der Waals surface area contributed by atoms with Crippen LogP contribution < -0.4 is 15.1 Å². The molecule has 2 aromatic rings. The number of H-pyrrole nitrogens is 1. The normalized spacial score (nSPS) is 18.6. The van der Waals surface area contributed by atoms with Crippen molar-refractivity contribution in [1.82, 2.24) is 14.9 Å². The SMILES string of the molecule is CN1CCN(c2ccc(NC(=O)c3cnc[nH]3)c(N3CCCCC3)c2)CC1. The van der Waals surface area contributed by atoms with Crippen LogP contribution >= 0.6 is 0 Å². The summed E-state index contributed by atoms with van der Waals surface area (Å²) >= 11 is 0. The number of nitrogens with zero attached hydrogens (tertiary/aromatic N) is 4. The molecule has 0 atom stereocenters. The predicted molar refractivity (Wildman–Crippen MR) is 109 cm³/mol. The second-order valence-corrected chi connectivity index (χ2v) is 7.46. The van der Waals surface area contributed by atoms with Gasteiger partial charge in [-0.15, -0.1) is 0 Å². The first-order chi connectivity index (χ1) is 13.2. The number of nitrogens with one attached hydrogen (secondary N) is 2. The highest BCUT2D eigenvalue weighted by molar-refractivity contribution is 6.04. The van der Waals surface area contributed by atoms with Gasteiger partial charge in [0.25, 0.3) is 5.91 Å². The van der Waals surface area contributed by atoms with E-state index in [1.807, 2.05) is 6.07 Å². The summed E-state index contributed by atoms with van der Waals surface area (Å²) in [4.78, 5) is 26.5. The summed E-state index contributed by atoms with van der Waals surface area (Å²) in [7, 11) is 2.17. The molecule has 0 radical (unpaired) electrons. The van der Waals surface area contributed by atoms with Crippen LogP contribution in [0.1, 0.15) is 29.8 Å². The topological polar surface area (TPSA) is 67.5 Å². The Balaban J connectivity index is 1.60. The average Bonchev–Trinajstić information content (AvgIpc) is 3.25. The van der Waals surface area contributed by atoms with E-state index in [1.165, 1.54) is 31.3 Å². The Hall–Kier alpha value is -2.54. The van der Waals surface area contributed by atoms with Gasteiger partial charge >= 0.3 is 0 Å². The molecule has 27 heavy (non-hydrogen) atoms. The van der Waals surface area contributed by atoms with Crippen LogP contribution in [0.4, 0.5) is 17.1 Å². The van der Waals surface area contributed by atoms with Crippen molar-refractivity contribution in [2.75, 3.05) is 61.4 Å². The van der Waals surface area contributed by atoms with Gasteiger partial charge in [-0.1, -0.05) is 0 Å². The summed E-state index contributed by atoms with van der Waals surface area (Å²) in [5.74, 6) is -0.155. The first-order valence-corrected chi connectivity index (χ1v) is 9.83. The Morgan fingerprint density at radius 1 is 1.04 bits per heavy atom. The highest BCUT2D eigenvalue weighted by Crippen LogP contribution is 2.33. The smallest absolute Gasteiger partial charge is 0.273 e. The van der Waals surface area contributed by atoms with E-state index in [2.05, 4.69) is 49.2 Å². The van der Waals surface area contributed by atoms with E-state index in [-0.39, 0.29) is 5.91 Å². The van der Waals surface area contributed by atoms with E-state index in [0.717, 1.165) is 50.6 Å². The number of anilines is 3. The van der Waals surface area contributed by atoms with E-state index in [1.54, 1.807) is 6.20 Å². The Morgan fingerprint density at radius 3 is 2.52 bits per heavy atom. The van der Waals surface area contributed by atoms with Crippen LogP contribution in [-0.2, 0) is 0 Å². The number of likely N-dealkylation sites (N-methyl/N-ethyl adjacent to an activating group) is 1. The summed E-state index contributed by atoms with van der Waals surface area (Å²) in [5, 5.41) is 3.07. The second kappa shape index (κ2) is 8.00. The number of amides is 1. The molecule has 2 N–H and O–H groups in total. The van der Waals surface area contributed by atoms with Gasteiger partial charge in [0.2, 0.25) is 0 Å². The number of hydrogen-bond acceptors (Lipinski definition) is 5. The maximum absolute atomic E-state index is 12.5. The minimum atomic E-state index is -0.155. The van der Waals surface area contributed by atoms with Crippen LogP contribution in [0.15, 0.2) is 30.7 Å². The van der Waals surface area contributed by atoms with Crippen molar-refractivity contribution in [3.8, 4) is 0 Å². The number of rotatable bonds is 4. The molecule has 7 nitrogen and oxygen atoms in total. The summed E-state index contributed by atoms with van der Waals surface area (Å²) in [5.41, 5.74) is 3.71. The van der Waals surface area contributed by atoms with E-state index in [9.17, 15) is 4.79 Å². The van der Waals surface area contributed by atoms with Gasteiger partial charge < -0.3 is 25.0 Å². The lowest BCUT2D eigenvalue weighted by atomic mass is 10.1. The monoisotopic (exact) mass is 368 g/mol. The zero-order valence-electron chi connectivity index (χ0n) is 15.9. The molecule has 0 aliphatic carbocycles. The minimum Gasteiger partial charge on any atom is -0.370 e. The molecular weight excluding hydrogens is 340 g/mol. The van der Waals surface area contributed by atoms with Crippen LogP contribution in [0.3, 0.4) is 0 Å². The number of aromatic amines is 1. The zero-order valence-corrected chi connectivity index (χ0v) is 15.9. The summed E-state index contributed by atoms with van der Waals surface area (Å²) in [6.07, 6.45) is 6.76. The molecule has 0 saturated carbocycles. The van der Waals surface area contributed by atoms with Crippen LogP contribution in [0.25, 0.3) is 0 Å². The van der Waals surface area contributed by atoms with E-state index in [4.69, 9.17) is 0 Å². The van der Waals surface area contributed by atoms with Gasteiger partial charge in [-0.25, -0.2) is 4.98 Å². The number of piperidine rings is 1. The highest BCUT2D eigenvalue weighted by Gasteiger charge is 2.20. The fourth-order valence-corrected chi connectivity index (χ4v) is 3.85. The second-order valence-electron chi connectivity index (χ2n) is 7.46. The van der Waals surface area contributed by atoms with Gasteiger partial charge in [0.15, 0.2) is 0 Å². The van der Waals surface area contributed by atoms with Crippen molar-refractivity contribution >= 4 is 23.0 Å². The molecule has 0 spiro atoms. The maximum atomic E-state index is 12.5. The molecule has 2 aliphatic heterocycles. The fraction of sp³-hybridized carbons (Fsp3) is 0.500. The van der Waals surface area contributed by atoms with Crippen molar-refractivity contribution in [2.24, 2.45) is 0 Å². The maximum Gasteiger partial charge on any atom is 0.273 e. The molecule has 144 valence electrons. The lowest BCUT2D eigenvalue weighted by Gasteiger charge is -2.36. The molecule has 1 aromatic heterocycles. The third-order valence-corrected chi connectivity index (χ3v) is 5.54. The average molecular weight is 368 g/mol. The molecule has 4 rings (SSSR count). The van der Waals surface area contributed by atoms with Crippen molar-refractivity contribution in [3.63, 3.8) is 0 Å². The summed E-state index contributed by atoms with van der Waals surface area (Å²) in [6, 6.07) is 6.42. The fourth-order valence-electron chi connectivity index (χ4n) is 3.85. The number of carbonyl (C=O) groups is 1. The number of aromatic nitrogens is 2. The molecule has 1 amide bonds. The molecule has 0 unspecified atom stereocenters. The number of hydrogen-bond donors (Lipinski definition) is 2. The number of imidazole rings is 1. The predicted octanol–water partition coefficient (Wildman–Crippen LogP) is 2.40. The number of carbonyl (C=O) groups excluding carboxylic acids is 1. The van der Waals surface area contributed by atoms with Crippen molar-refractivity contribution in [1.29, 1.82) is 0 Å². The molecule has 2 aliphatic rings. The Labute approximate surface area is 160 Å². The molecule has 3 heterocycles. The quantitative estimate of drug-likeness (QED) is 0.867. The highest BCUT2D eigenvalue weighted by atomic mass is 16.1. The van der Waals surface area contributed by atoms with E-state index >= 15 is 0 Å². The van der Waals surface area contributed by atoms with Gasteiger partial charge in [0, 0.05) is 45.0 Å². The molecule has 2 saturated heterocycles. The third kappa shape index (κ3) is 4.08. The third-order valence-electron chi connectivity index (χ3n) is 5.54. The standard InChI is InChI=1S/C20H28N6O/c1-24-9-11-25(12-10-24)16-5-6-17(23-20(27)18-14-21-15-22-18)19(13-16)26-7-3-2-4-8-26/h5-6,13-15H,2-4,7-12H2,1H3,(H,21,22)(H,23,27). The minimum absolute atomic E-state index is 0.155. The number of piperazine rings is 1. The molecule has 0 bridgehead atoms. The van der Waals surface area contributed by atoms with E-state index < -0.39 is 0 Å². The van der Waals surface area contributed by atoms with Crippen molar-refractivity contribution < 1.29 is 4.79 Å². The van der Waals surface area contributed by atoms with Gasteiger partial charge in [-0.3, -0.25) is 4.79 Å². The largest absolute Gasteiger partial charge is 0.370 e. The van der Waals surface area contributed by atoms with Crippen LogP contribution in [0.2, 0.25) is 0 Å². The first-order valence-electron chi connectivity index (χ1n) is 9.83.